The number of amides is 1. The Labute approximate surface area is 231 Å². The van der Waals surface area contributed by atoms with Gasteiger partial charge in [0.15, 0.2) is 0 Å². The zero-order chi connectivity index (χ0) is 26.4. The fourth-order valence-electron chi connectivity index (χ4n) is 4.53. The van der Waals surface area contributed by atoms with Gasteiger partial charge in [0.05, 0.1) is 6.61 Å². The van der Waals surface area contributed by atoms with Crippen LogP contribution < -0.4 is 15.7 Å². The molecule has 0 saturated heterocycles. The average molecular weight is 616 g/mol. The maximum absolute atomic E-state index is 12.8. The number of halogens is 1. The number of carbonyl (C=O) groups is 1. The Hall–Kier alpha value is -2.16. The van der Waals surface area contributed by atoms with Crippen LogP contribution in [0.3, 0.4) is 0 Å². The lowest BCUT2D eigenvalue weighted by atomic mass is 10.1. The standard InChI is InChI=1S/C30H38INO3Si/c1-29(2,3)32-28(33)35-25(21-23-14-13-15-24(31)20-23)22-34-36(30(4,5)6,26-16-9-7-10-17-26)27-18-11-8-12-19-27/h7-20,25H,21-22H2,1-6H3,(H,32,33)/t25-/m0/s1. The Bertz CT molecular complexity index is 1080. The maximum Gasteiger partial charge on any atom is 0.407 e. The Balaban J connectivity index is 1.99. The van der Waals surface area contributed by atoms with Crippen LogP contribution in [0.25, 0.3) is 0 Å². The van der Waals surface area contributed by atoms with E-state index in [0.29, 0.717) is 13.0 Å². The molecule has 0 fully saturated rings. The lowest BCUT2D eigenvalue weighted by Crippen LogP contribution is -2.67. The molecule has 0 aromatic heterocycles. The van der Waals surface area contributed by atoms with Crippen LogP contribution in [0.1, 0.15) is 47.1 Å². The highest BCUT2D eigenvalue weighted by molar-refractivity contribution is 14.1. The Morgan fingerprint density at radius 1 is 0.861 bits per heavy atom. The predicted octanol–water partition coefficient (Wildman–Crippen LogP) is 6.30. The summed E-state index contributed by atoms with van der Waals surface area (Å²) in [5.74, 6) is 0. The summed E-state index contributed by atoms with van der Waals surface area (Å²) in [6.45, 7) is 12.9. The van der Waals surface area contributed by atoms with Gasteiger partial charge in [-0.3, -0.25) is 0 Å². The second-order valence-electron chi connectivity index (χ2n) is 11.2. The summed E-state index contributed by atoms with van der Waals surface area (Å²) in [6.07, 6.45) is -0.288. The van der Waals surface area contributed by atoms with E-state index in [0.717, 1.165) is 9.13 Å². The van der Waals surface area contributed by atoms with Crippen LogP contribution >= 0.6 is 22.6 Å². The predicted molar refractivity (Wildman–Crippen MR) is 160 cm³/mol. The summed E-state index contributed by atoms with van der Waals surface area (Å²) in [4.78, 5) is 12.8. The fraction of sp³-hybridized carbons (Fsp3) is 0.367. The van der Waals surface area contributed by atoms with E-state index in [1.807, 2.05) is 39.0 Å². The number of alkyl carbamates (subject to hydrolysis) is 1. The maximum atomic E-state index is 12.8. The van der Waals surface area contributed by atoms with Crippen molar-refractivity contribution >= 4 is 47.4 Å². The molecular weight excluding hydrogens is 577 g/mol. The minimum atomic E-state index is -2.75. The van der Waals surface area contributed by atoms with Crippen LogP contribution in [0.5, 0.6) is 0 Å². The van der Waals surface area contributed by atoms with Crippen molar-refractivity contribution in [1.29, 1.82) is 0 Å². The molecule has 3 aromatic carbocycles. The van der Waals surface area contributed by atoms with Crippen LogP contribution in [0.2, 0.25) is 5.04 Å². The molecule has 1 atom stereocenters. The van der Waals surface area contributed by atoms with E-state index in [9.17, 15) is 4.79 Å². The van der Waals surface area contributed by atoms with E-state index in [4.69, 9.17) is 9.16 Å². The molecule has 6 heteroatoms. The van der Waals surface area contributed by atoms with Crippen molar-refractivity contribution in [3.8, 4) is 0 Å². The summed E-state index contributed by atoms with van der Waals surface area (Å²) >= 11 is 2.31. The van der Waals surface area contributed by atoms with Crippen LogP contribution in [0.4, 0.5) is 4.79 Å². The highest BCUT2D eigenvalue weighted by Gasteiger charge is 2.50. The number of hydrogen-bond donors (Lipinski definition) is 1. The highest BCUT2D eigenvalue weighted by Crippen LogP contribution is 2.37. The molecule has 3 rings (SSSR count). The first-order valence-corrected chi connectivity index (χ1v) is 15.4. The first-order chi connectivity index (χ1) is 16.9. The summed E-state index contributed by atoms with van der Waals surface area (Å²) in [7, 11) is -2.75. The van der Waals surface area contributed by atoms with Gasteiger partial charge in [0.2, 0.25) is 0 Å². The molecule has 36 heavy (non-hydrogen) atoms. The molecule has 0 saturated carbocycles. The average Bonchev–Trinajstić information content (AvgIpc) is 2.78. The van der Waals surface area contributed by atoms with E-state index in [1.165, 1.54) is 10.4 Å². The van der Waals surface area contributed by atoms with Crippen LogP contribution in [-0.2, 0) is 15.6 Å². The summed E-state index contributed by atoms with van der Waals surface area (Å²) < 4.78 is 14.2. The zero-order valence-electron chi connectivity index (χ0n) is 22.2. The van der Waals surface area contributed by atoms with E-state index < -0.39 is 20.5 Å². The lowest BCUT2D eigenvalue weighted by Gasteiger charge is -2.43. The minimum absolute atomic E-state index is 0.157. The van der Waals surface area contributed by atoms with Crippen molar-refractivity contribution < 1.29 is 14.0 Å². The minimum Gasteiger partial charge on any atom is -0.443 e. The fourth-order valence-corrected chi connectivity index (χ4v) is 9.73. The van der Waals surface area contributed by atoms with Gasteiger partial charge in [0.1, 0.15) is 6.10 Å². The SMILES string of the molecule is CC(C)(C)NC(=O)O[C@H](CO[Si](c1ccccc1)(c1ccccc1)C(C)(C)C)Cc1cccc(I)c1. The van der Waals surface area contributed by atoms with E-state index in [-0.39, 0.29) is 10.6 Å². The van der Waals surface area contributed by atoms with E-state index >= 15 is 0 Å². The second-order valence-corrected chi connectivity index (χ2v) is 16.8. The molecule has 0 heterocycles. The smallest absolute Gasteiger partial charge is 0.407 e. The normalized spacial score (nSPS) is 13.2. The molecule has 0 aliphatic rings. The molecule has 1 amide bonds. The van der Waals surface area contributed by atoms with Crippen molar-refractivity contribution in [2.75, 3.05) is 6.61 Å². The lowest BCUT2D eigenvalue weighted by molar-refractivity contribution is 0.0582. The third-order valence-corrected chi connectivity index (χ3v) is 11.7. The van der Waals surface area contributed by atoms with Gasteiger partial charge in [-0.25, -0.2) is 4.79 Å². The summed E-state index contributed by atoms with van der Waals surface area (Å²) in [5, 5.41) is 5.18. The van der Waals surface area contributed by atoms with Gasteiger partial charge in [-0.05, 0) is 76.5 Å². The monoisotopic (exact) mass is 615 g/mol. The molecule has 0 unspecified atom stereocenters. The third-order valence-electron chi connectivity index (χ3n) is 6.01. The molecule has 0 aliphatic heterocycles. The first kappa shape index (κ1) is 28.4. The topological polar surface area (TPSA) is 47.6 Å². The molecule has 0 bridgehead atoms. The second kappa shape index (κ2) is 11.9. The van der Waals surface area contributed by atoms with Gasteiger partial charge < -0.3 is 14.5 Å². The third kappa shape index (κ3) is 7.43. The quantitative estimate of drug-likeness (QED) is 0.239. The van der Waals surface area contributed by atoms with Gasteiger partial charge in [0, 0.05) is 15.5 Å². The largest absolute Gasteiger partial charge is 0.443 e. The van der Waals surface area contributed by atoms with Gasteiger partial charge in [0.25, 0.3) is 8.32 Å². The number of rotatable bonds is 8. The molecule has 0 radical (unpaired) electrons. The summed E-state index contributed by atoms with van der Waals surface area (Å²) in [5.41, 5.74) is 0.726. The number of hydrogen-bond acceptors (Lipinski definition) is 3. The number of carbonyl (C=O) groups excluding carboxylic acids is 1. The van der Waals surface area contributed by atoms with Gasteiger partial charge >= 0.3 is 6.09 Å². The number of benzene rings is 3. The Kier molecular flexibility index (Phi) is 9.41. The first-order valence-electron chi connectivity index (χ1n) is 12.4. The van der Waals surface area contributed by atoms with Crippen molar-refractivity contribution in [3.63, 3.8) is 0 Å². The van der Waals surface area contributed by atoms with Crippen molar-refractivity contribution in [2.24, 2.45) is 0 Å². The molecule has 4 nitrogen and oxygen atoms in total. The molecule has 1 N–H and O–H groups in total. The molecule has 3 aromatic rings. The Morgan fingerprint density at radius 2 is 1.42 bits per heavy atom. The molecule has 0 aliphatic carbocycles. The molecule has 0 spiro atoms. The number of ether oxygens (including phenoxy) is 1. The van der Waals surface area contributed by atoms with E-state index in [1.54, 1.807) is 0 Å². The van der Waals surface area contributed by atoms with Gasteiger partial charge in [-0.2, -0.15) is 0 Å². The highest BCUT2D eigenvalue weighted by atomic mass is 127. The van der Waals surface area contributed by atoms with Crippen molar-refractivity contribution in [1.82, 2.24) is 5.32 Å². The van der Waals surface area contributed by atoms with Crippen LogP contribution in [-0.4, -0.2) is 32.7 Å². The van der Waals surface area contributed by atoms with Crippen molar-refractivity contribution in [3.05, 3.63) is 94.1 Å². The summed E-state index contributed by atoms with van der Waals surface area (Å²) in [6, 6.07) is 29.4. The van der Waals surface area contributed by atoms with E-state index in [2.05, 4.69) is 115 Å². The zero-order valence-corrected chi connectivity index (χ0v) is 25.3. The van der Waals surface area contributed by atoms with Gasteiger partial charge in [-0.1, -0.05) is 93.6 Å². The van der Waals surface area contributed by atoms with Crippen LogP contribution in [0.15, 0.2) is 84.9 Å². The van der Waals surface area contributed by atoms with Gasteiger partial charge in [-0.15, -0.1) is 0 Å². The Morgan fingerprint density at radius 3 is 1.89 bits per heavy atom. The van der Waals surface area contributed by atoms with Crippen LogP contribution in [0, 0.1) is 3.57 Å². The van der Waals surface area contributed by atoms with Crippen molar-refractivity contribution in [2.45, 2.75) is 64.6 Å². The number of nitrogens with one attached hydrogen (secondary N) is 1. The molecular formula is C30H38INO3Si. The molecule has 192 valence electrons.